The lowest BCUT2D eigenvalue weighted by Gasteiger charge is -2.40. The zero-order chi connectivity index (χ0) is 14.3. The number of nitrogens with zero attached hydrogens (tertiary/aromatic N) is 1. The molecule has 0 amide bonds. The van der Waals surface area contributed by atoms with Crippen LogP contribution in [0.2, 0.25) is 0 Å². The summed E-state index contributed by atoms with van der Waals surface area (Å²) in [6, 6.07) is 10.4. The Labute approximate surface area is 123 Å². The van der Waals surface area contributed by atoms with Crippen LogP contribution >= 0.6 is 0 Å². The molecule has 0 spiro atoms. The number of nitrogens with one attached hydrogen (secondary N) is 1. The van der Waals surface area contributed by atoms with E-state index in [4.69, 9.17) is 0 Å². The molecule has 1 aliphatic rings. The van der Waals surface area contributed by atoms with Crippen LogP contribution in [-0.4, -0.2) is 42.8 Å². The van der Waals surface area contributed by atoms with Crippen LogP contribution < -0.4 is 5.32 Å². The van der Waals surface area contributed by atoms with E-state index in [2.05, 4.69) is 41.4 Å². The van der Waals surface area contributed by atoms with E-state index in [1.807, 2.05) is 6.07 Å². The second-order valence-electron chi connectivity index (χ2n) is 5.87. The number of aliphatic hydroxyl groups excluding tert-OH is 1. The predicted octanol–water partition coefficient (Wildman–Crippen LogP) is 2.36. The van der Waals surface area contributed by atoms with Gasteiger partial charge in [-0.05, 0) is 44.5 Å². The Hall–Kier alpha value is -0.900. The molecule has 1 aliphatic heterocycles. The first-order valence-corrected chi connectivity index (χ1v) is 7.94. The van der Waals surface area contributed by atoms with Crippen molar-refractivity contribution < 1.29 is 5.11 Å². The van der Waals surface area contributed by atoms with Crippen LogP contribution in [0.1, 0.15) is 38.2 Å². The van der Waals surface area contributed by atoms with Gasteiger partial charge in [0, 0.05) is 6.54 Å². The van der Waals surface area contributed by atoms with Crippen molar-refractivity contribution in [1.29, 1.82) is 0 Å². The summed E-state index contributed by atoms with van der Waals surface area (Å²) in [7, 11) is 0. The molecule has 1 heterocycles. The van der Waals surface area contributed by atoms with Crippen molar-refractivity contribution in [2.45, 2.75) is 38.1 Å². The van der Waals surface area contributed by atoms with Crippen LogP contribution in [0.4, 0.5) is 0 Å². The standard InChI is InChI=1S/C17H28N2O/c1-2-11-18-17(15-20,16-9-5-3-6-10-16)14-19-12-7-4-8-13-19/h3,5-6,9-10,18,20H,2,4,7-8,11-15H2,1H3. The summed E-state index contributed by atoms with van der Waals surface area (Å²) in [6.45, 7) is 6.45. The van der Waals surface area contributed by atoms with Gasteiger partial charge in [-0.2, -0.15) is 0 Å². The zero-order valence-corrected chi connectivity index (χ0v) is 12.6. The van der Waals surface area contributed by atoms with Gasteiger partial charge in [0.05, 0.1) is 12.1 Å². The van der Waals surface area contributed by atoms with E-state index < -0.39 is 0 Å². The summed E-state index contributed by atoms with van der Waals surface area (Å²) < 4.78 is 0. The Bertz CT molecular complexity index is 376. The Morgan fingerprint density at radius 1 is 1.15 bits per heavy atom. The van der Waals surface area contributed by atoms with E-state index in [1.54, 1.807) is 0 Å². The Balaban J connectivity index is 2.17. The van der Waals surface area contributed by atoms with Crippen LogP contribution in [-0.2, 0) is 5.54 Å². The van der Waals surface area contributed by atoms with Gasteiger partial charge in [-0.3, -0.25) is 0 Å². The predicted molar refractivity (Wildman–Crippen MR) is 83.8 cm³/mol. The fraction of sp³-hybridized carbons (Fsp3) is 0.647. The Morgan fingerprint density at radius 2 is 1.85 bits per heavy atom. The van der Waals surface area contributed by atoms with Gasteiger partial charge in [0.1, 0.15) is 0 Å². The molecule has 2 N–H and O–H groups in total. The van der Waals surface area contributed by atoms with Gasteiger partial charge in [-0.25, -0.2) is 0 Å². The number of hydrogen-bond acceptors (Lipinski definition) is 3. The average molecular weight is 276 g/mol. The molecule has 0 radical (unpaired) electrons. The maximum Gasteiger partial charge on any atom is 0.0797 e. The maximum atomic E-state index is 10.1. The summed E-state index contributed by atoms with van der Waals surface area (Å²) in [5.74, 6) is 0. The molecule has 0 saturated carbocycles. The van der Waals surface area contributed by atoms with Gasteiger partial charge in [0.2, 0.25) is 0 Å². The topological polar surface area (TPSA) is 35.5 Å². The lowest BCUT2D eigenvalue weighted by molar-refractivity contribution is 0.0958. The van der Waals surface area contributed by atoms with Gasteiger partial charge < -0.3 is 15.3 Å². The molecule has 112 valence electrons. The van der Waals surface area contributed by atoms with E-state index in [-0.39, 0.29) is 12.1 Å². The quantitative estimate of drug-likeness (QED) is 0.802. The molecule has 1 aromatic rings. The molecule has 3 nitrogen and oxygen atoms in total. The molecule has 0 aromatic heterocycles. The van der Waals surface area contributed by atoms with E-state index >= 15 is 0 Å². The van der Waals surface area contributed by atoms with Gasteiger partial charge >= 0.3 is 0 Å². The third-order valence-corrected chi connectivity index (χ3v) is 4.25. The van der Waals surface area contributed by atoms with E-state index in [9.17, 15) is 5.11 Å². The molecule has 1 saturated heterocycles. The Kier molecular flexibility index (Phi) is 6.02. The van der Waals surface area contributed by atoms with Crippen LogP contribution in [0.3, 0.4) is 0 Å². The van der Waals surface area contributed by atoms with E-state index in [0.717, 1.165) is 32.6 Å². The third kappa shape index (κ3) is 3.81. The molecule has 20 heavy (non-hydrogen) atoms. The molecule has 2 rings (SSSR count). The summed E-state index contributed by atoms with van der Waals surface area (Å²) in [4.78, 5) is 2.50. The average Bonchev–Trinajstić information content (AvgIpc) is 2.53. The highest BCUT2D eigenvalue weighted by atomic mass is 16.3. The van der Waals surface area contributed by atoms with E-state index in [0.29, 0.717) is 0 Å². The summed E-state index contributed by atoms with van der Waals surface area (Å²) in [6.07, 6.45) is 4.99. The van der Waals surface area contributed by atoms with Crippen LogP contribution in [0.15, 0.2) is 30.3 Å². The van der Waals surface area contributed by atoms with Crippen molar-refractivity contribution >= 4 is 0 Å². The van der Waals surface area contributed by atoms with Crippen molar-refractivity contribution in [3.63, 3.8) is 0 Å². The highest BCUT2D eigenvalue weighted by Gasteiger charge is 2.33. The molecular formula is C17H28N2O. The van der Waals surface area contributed by atoms with Crippen LogP contribution in [0.5, 0.6) is 0 Å². The number of rotatable bonds is 7. The minimum atomic E-state index is -0.325. The van der Waals surface area contributed by atoms with Crippen LogP contribution in [0, 0.1) is 0 Å². The fourth-order valence-corrected chi connectivity index (χ4v) is 3.07. The fourth-order valence-electron chi connectivity index (χ4n) is 3.07. The van der Waals surface area contributed by atoms with Gasteiger partial charge in [-0.15, -0.1) is 0 Å². The third-order valence-electron chi connectivity index (χ3n) is 4.25. The van der Waals surface area contributed by atoms with Gasteiger partial charge in [0.25, 0.3) is 0 Å². The number of piperidine rings is 1. The second kappa shape index (κ2) is 7.77. The summed E-state index contributed by atoms with van der Waals surface area (Å²) >= 11 is 0. The molecule has 1 unspecified atom stereocenters. The highest BCUT2D eigenvalue weighted by molar-refractivity contribution is 5.25. The number of likely N-dealkylation sites (tertiary alicyclic amines) is 1. The monoisotopic (exact) mass is 276 g/mol. The number of benzene rings is 1. The highest BCUT2D eigenvalue weighted by Crippen LogP contribution is 2.24. The maximum absolute atomic E-state index is 10.1. The number of hydrogen-bond donors (Lipinski definition) is 2. The van der Waals surface area contributed by atoms with Crippen molar-refractivity contribution in [1.82, 2.24) is 10.2 Å². The zero-order valence-electron chi connectivity index (χ0n) is 12.6. The van der Waals surface area contributed by atoms with Crippen molar-refractivity contribution in [3.05, 3.63) is 35.9 Å². The minimum Gasteiger partial charge on any atom is -0.394 e. The molecular weight excluding hydrogens is 248 g/mol. The second-order valence-corrected chi connectivity index (χ2v) is 5.87. The minimum absolute atomic E-state index is 0.146. The number of aliphatic hydroxyl groups is 1. The first-order valence-electron chi connectivity index (χ1n) is 7.94. The van der Waals surface area contributed by atoms with E-state index in [1.165, 1.54) is 24.8 Å². The molecule has 0 bridgehead atoms. The molecule has 1 fully saturated rings. The molecule has 1 atom stereocenters. The SMILES string of the molecule is CCCNC(CO)(CN1CCCCC1)c1ccccc1. The lowest BCUT2D eigenvalue weighted by Crippen LogP contribution is -2.54. The first kappa shape index (κ1) is 15.5. The normalized spacial score (nSPS) is 19.7. The molecule has 3 heteroatoms. The molecule has 0 aliphatic carbocycles. The molecule has 1 aromatic carbocycles. The lowest BCUT2D eigenvalue weighted by atomic mass is 9.89. The smallest absolute Gasteiger partial charge is 0.0797 e. The van der Waals surface area contributed by atoms with Crippen molar-refractivity contribution in [2.24, 2.45) is 0 Å². The summed E-state index contributed by atoms with van der Waals surface area (Å²) in [5.41, 5.74) is 0.871. The Morgan fingerprint density at radius 3 is 2.45 bits per heavy atom. The first-order chi connectivity index (χ1) is 9.80. The summed E-state index contributed by atoms with van der Waals surface area (Å²) in [5, 5.41) is 13.7. The van der Waals surface area contributed by atoms with Crippen LogP contribution in [0.25, 0.3) is 0 Å². The van der Waals surface area contributed by atoms with Gasteiger partial charge in [-0.1, -0.05) is 43.7 Å². The van der Waals surface area contributed by atoms with Crippen molar-refractivity contribution in [2.75, 3.05) is 32.8 Å². The van der Waals surface area contributed by atoms with Gasteiger partial charge in [0.15, 0.2) is 0 Å². The van der Waals surface area contributed by atoms with Crippen molar-refractivity contribution in [3.8, 4) is 0 Å². The largest absolute Gasteiger partial charge is 0.394 e.